The minimum absolute atomic E-state index is 0.00898. The van der Waals surface area contributed by atoms with Crippen molar-refractivity contribution in [2.24, 2.45) is 0 Å². The molecule has 0 saturated carbocycles. The molecule has 5 nitrogen and oxygen atoms in total. The van der Waals surface area contributed by atoms with Gasteiger partial charge in [-0.2, -0.15) is 0 Å². The SMILES string of the molecule is O=C1CN(C(=O)c2cccc(OCc3ccccc3)c2)c2ccccc2N1. The van der Waals surface area contributed by atoms with Gasteiger partial charge in [-0.05, 0) is 35.9 Å². The Labute approximate surface area is 157 Å². The molecule has 1 aliphatic heterocycles. The molecule has 134 valence electrons. The van der Waals surface area contributed by atoms with Gasteiger partial charge in [0.2, 0.25) is 5.91 Å². The van der Waals surface area contributed by atoms with Crippen molar-refractivity contribution in [3.8, 4) is 5.75 Å². The van der Waals surface area contributed by atoms with E-state index in [9.17, 15) is 9.59 Å². The molecule has 2 amide bonds. The minimum Gasteiger partial charge on any atom is -0.489 e. The smallest absolute Gasteiger partial charge is 0.258 e. The Morgan fingerprint density at radius 3 is 2.59 bits per heavy atom. The Kier molecular flexibility index (Phi) is 4.58. The fraction of sp³-hybridized carbons (Fsp3) is 0.0909. The Hall–Kier alpha value is -3.60. The Balaban J connectivity index is 1.55. The summed E-state index contributed by atoms with van der Waals surface area (Å²) in [7, 11) is 0. The molecular weight excluding hydrogens is 340 g/mol. The maximum atomic E-state index is 13.0. The summed E-state index contributed by atoms with van der Waals surface area (Å²) in [5.41, 5.74) is 2.86. The predicted octanol–water partition coefficient (Wildman–Crippen LogP) is 3.86. The molecule has 3 aromatic carbocycles. The molecule has 0 bridgehead atoms. The molecule has 0 spiro atoms. The third-order valence-corrected chi connectivity index (χ3v) is 4.35. The number of carbonyl (C=O) groups excluding carboxylic acids is 2. The molecule has 0 atom stereocenters. The summed E-state index contributed by atoms with van der Waals surface area (Å²) in [6, 6.07) is 24.1. The molecule has 0 fully saturated rings. The molecule has 5 heteroatoms. The van der Waals surface area contributed by atoms with Crippen LogP contribution in [0.25, 0.3) is 0 Å². The molecule has 0 saturated heterocycles. The third kappa shape index (κ3) is 3.67. The summed E-state index contributed by atoms with van der Waals surface area (Å²) < 4.78 is 5.81. The number of carbonyl (C=O) groups is 2. The van der Waals surface area contributed by atoms with Crippen LogP contribution in [-0.2, 0) is 11.4 Å². The Bertz CT molecular complexity index is 986. The second kappa shape index (κ2) is 7.33. The number of nitrogens with one attached hydrogen (secondary N) is 1. The number of ether oxygens (including phenoxy) is 1. The zero-order valence-corrected chi connectivity index (χ0v) is 14.6. The lowest BCUT2D eigenvalue weighted by Gasteiger charge is -2.29. The first-order valence-corrected chi connectivity index (χ1v) is 8.68. The van der Waals surface area contributed by atoms with Crippen LogP contribution < -0.4 is 15.0 Å². The lowest BCUT2D eigenvalue weighted by atomic mass is 10.1. The zero-order valence-electron chi connectivity index (χ0n) is 14.6. The Morgan fingerprint density at radius 1 is 0.963 bits per heavy atom. The molecule has 0 aliphatic carbocycles. The summed E-state index contributed by atoms with van der Waals surface area (Å²) >= 11 is 0. The first-order valence-electron chi connectivity index (χ1n) is 8.68. The average Bonchev–Trinajstić information content (AvgIpc) is 2.72. The van der Waals surface area contributed by atoms with E-state index in [0.717, 1.165) is 5.56 Å². The van der Waals surface area contributed by atoms with E-state index in [1.807, 2.05) is 54.6 Å². The number of hydrogen-bond acceptors (Lipinski definition) is 3. The number of amides is 2. The fourth-order valence-corrected chi connectivity index (χ4v) is 3.03. The van der Waals surface area contributed by atoms with Crippen molar-refractivity contribution in [2.45, 2.75) is 6.61 Å². The van der Waals surface area contributed by atoms with Crippen LogP contribution in [0.3, 0.4) is 0 Å². The molecule has 0 aromatic heterocycles. The molecule has 1 N–H and O–H groups in total. The fourth-order valence-electron chi connectivity index (χ4n) is 3.03. The third-order valence-electron chi connectivity index (χ3n) is 4.35. The minimum atomic E-state index is -0.234. The number of benzene rings is 3. The highest BCUT2D eigenvalue weighted by molar-refractivity contribution is 6.15. The molecule has 1 aliphatic rings. The van der Waals surface area contributed by atoms with Gasteiger partial charge in [0.15, 0.2) is 0 Å². The van der Waals surface area contributed by atoms with Crippen molar-refractivity contribution in [3.63, 3.8) is 0 Å². The van der Waals surface area contributed by atoms with E-state index in [-0.39, 0.29) is 18.4 Å². The lowest BCUT2D eigenvalue weighted by Crippen LogP contribution is -2.42. The highest BCUT2D eigenvalue weighted by Gasteiger charge is 2.27. The van der Waals surface area contributed by atoms with E-state index in [4.69, 9.17) is 4.74 Å². The van der Waals surface area contributed by atoms with Gasteiger partial charge in [-0.3, -0.25) is 14.5 Å². The van der Waals surface area contributed by atoms with E-state index in [1.54, 1.807) is 24.3 Å². The average molecular weight is 358 g/mol. The van der Waals surface area contributed by atoms with Gasteiger partial charge in [-0.15, -0.1) is 0 Å². The monoisotopic (exact) mass is 358 g/mol. The van der Waals surface area contributed by atoms with Gasteiger partial charge < -0.3 is 10.1 Å². The van der Waals surface area contributed by atoms with Crippen LogP contribution in [0.1, 0.15) is 15.9 Å². The van der Waals surface area contributed by atoms with E-state index in [2.05, 4.69) is 5.32 Å². The maximum absolute atomic E-state index is 13.0. The topological polar surface area (TPSA) is 58.6 Å². The van der Waals surface area contributed by atoms with Crippen molar-refractivity contribution < 1.29 is 14.3 Å². The zero-order chi connectivity index (χ0) is 18.6. The van der Waals surface area contributed by atoms with Crippen LogP contribution in [0.4, 0.5) is 11.4 Å². The number of rotatable bonds is 4. The van der Waals surface area contributed by atoms with Crippen LogP contribution in [0.15, 0.2) is 78.9 Å². The largest absolute Gasteiger partial charge is 0.489 e. The standard InChI is InChI=1S/C22H18N2O3/c25-21-14-24(20-12-5-4-11-19(20)23-21)22(26)17-9-6-10-18(13-17)27-15-16-7-2-1-3-8-16/h1-13H,14-15H2,(H,23,25). The first kappa shape index (κ1) is 16.8. The number of para-hydroxylation sites is 2. The summed E-state index contributed by atoms with van der Waals surface area (Å²) in [6.45, 7) is 0.415. The van der Waals surface area contributed by atoms with Crippen molar-refractivity contribution in [1.29, 1.82) is 0 Å². The maximum Gasteiger partial charge on any atom is 0.258 e. The van der Waals surface area contributed by atoms with Gasteiger partial charge >= 0.3 is 0 Å². The van der Waals surface area contributed by atoms with Gasteiger partial charge in [-0.25, -0.2) is 0 Å². The van der Waals surface area contributed by atoms with Crippen LogP contribution in [0.2, 0.25) is 0 Å². The van der Waals surface area contributed by atoms with Crippen molar-refractivity contribution in [2.75, 3.05) is 16.8 Å². The van der Waals surface area contributed by atoms with E-state index in [1.165, 1.54) is 4.90 Å². The molecule has 1 heterocycles. The Morgan fingerprint density at radius 2 is 1.74 bits per heavy atom. The normalized spacial score (nSPS) is 12.9. The number of hydrogen-bond donors (Lipinski definition) is 1. The van der Waals surface area contributed by atoms with Crippen LogP contribution in [-0.4, -0.2) is 18.4 Å². The lowest BCUT2D eigenvalue weighted by molar-refractivity contribution is -0.115. The van der Waals surface area contributed by atoms with Gasteiger partial charge in [-0.1, -0.05) is 48.5 Å². The summed E-state index contributed by atoms with van der Waals surface area (Å²) in [6.07, 6.45) is 0. The molecule has 4 rings (SSSR count). The van der Waals surface area contributed by atoms with Crippen LogP contribution in [0, 0.1) is 0 Å². The number of nitrogens with zero attached hydrogens (tertiary/aromatic N) is 1. The van der Waals surface area contributed by atoms with Gasteiger partial charge in [0.25, 0.3) is 5.91 Å². The number of anilines is 2. The quantitative estimate of drug-likeness (QED) is 0.770. The van der Waals surface area contributed by atoms with Gasteiger partial charge in [0.05, 0.1) is 11.4 Å². The molecule has 0 unspecified atom stereocenters. The van der Waals surface area contributed by atoms with Gasteiger partial charge in [0, 0.05) is 5.56 Å². The van der Waals surface area contributed by atoms with Crippen LogP contribution in [0.5, 0.6) is 5.75 Å². The van der Waals surface area contributed by atoms with Crippen molar-refractivity contribution in [3.05, 3.63) is 90.0 Å². The molecular formula is C22H18N2O3. The number of fused-ring (bicyclic) bond motifs is 1. The highest BCUT2D eigenvalue weighted by atomic mass is 16.5. The summed E-state index contributed by atoms with van der Waals surface area (Å²) in [4.78, 5) is 26.5. The van der Waals surface area contributed by atoms with Crippen LogP contribution >= 0.6 is 0 Å². The second-order valence-electron chi connectivity index (χ2n) is 6.26. The predicted molar refractivity (Wildman–Crippen MR) is 104 cm³/mol. The second-order valence-corrected chi connectivity index (χ2v) is 6.26. The molecule has 0 radical (unpaired) electrons. The first-order chi connectivity index (χ1) is 13.2. The van der Waals surface area contributed by atoms with E-state index < -0.39 is 0 Å². The summed E-state index contributed by atoms with van der Waals surface area (Å²) in [5, 5.41) is 2.79. The van der Waals surface area contributed by atoms with Crippen molar-refractivity contribution >= 4 is 23.2 Å². The van der Waals surface area contributed by atoms with E-state index >= 15 is 0 Å². The molecule has 3 aromatic rings. The highest BCUT2D eigenvalue weighted by Crippen LogP contribution is 2.30. The van der Waals surface area contributed by atoms with Gasteiger partial charge in [0.1, 0.15) is 18.9 Å². The molecule has 27 heavy (non-hydrogen) atoms. The summed E-state index contributed by atoms with van der Waals surface area (Å²) in [5.74, 6) is 0.167. The van der Waals surface area contributed by atoms with Crippen molar-refractivity contribution in [1.82, 2.24) is 0 Å². The van der Waals surface area contributed by atoms with E-state index in [0.29, 0.717) is 29.3 Å².